The maximum Gasteiger partial charge on any atom is 0.318 e. The number of carbonyl (C=O) groups excluding carboxylic acids is 1. The quantitative estimate of drug-likeness (QED) is 0.136. The lowest BCUT2D eigenvalue weighted by Gasteiger charge is -2.35. The highest BCUT2D eigenvalue weighted by Gasteiger charge is 2.35. The molecule has 2 atom stereocenters. The lowest BCUT2D eigenvalue weighted by molar-refractivity contribution is -0.128. The van der Waals surface area contributed by atoms with E-state index in [1.165, 1.54) is 50.1 Å². The molecule has 56 heavy (non-hydrogen) atoms. The molecule has 1 amide bonds. The number of nitrogens with zero attached hydrogens (tertiary/aromatic N) is 9. The van der Waals surface area contributed by atoms with E-state index < -0.39 is 35.4 Å². The highest BCUT2D eigenvalue weighted by molar-refractivity contribution is 5.99. The summed E-state index contributed by atoms with van der Waals surface area (Å²) in [6.07, 6.45) is 5.26. The normalized spacial score (nSPS) is 18.2. The first kappa shape index (κ1) is 39.9. The summed E-state index contributed by atoms with van der Waals surface area (Å²) in [6.45, 7) is 7.53. The van der Waals surface area contributed by atoms with Crippen molar-refractivity contribution in [1.29, 1.82) is 5.26 Å². The number of rotatable bonds is 5. The Hall–Kier alpha value is -5.82. The van der Waals surface area contributed by atoms with E-state index in [4.69, 9.17) is 10.00 Å². The first-order chi connectivity index (χ1) is 26.9. The molecule has 0 radical (unpaired) electrons. The van der Waals surface area contributed by atoms with E-state index in [1.807, 2.05) is 0 Å². The van der Waals surface area contributed by atoms with Crippen molar-refractivity contribution in [2.24, 2.45) is 0 Å². The lowest BCUT2D eigenvalue weighted by atomic mass is 10.00. The number of ether oxygens (including phenoxy) is 1. The first-order valence-corrected chi connectivity index (χ1v) is 18.1. The Kier molecular flexibility index (Phi) is 12.3. The van der Waals surface area contributed by atoms with Crippen molar-refractivity contribution in [3.05, 3.63) is 83.1 Å². The van der Waals surface area contributed by atoms with Crippen molar-refractivity contribution >= 4 is 39.5 Å². The van der Waals surface area contributed by atoms with E-state index >= 15 is 4.39 Å². The maximum atomic E-state index is 16.1. The Balaban J connectivity index is 0.000000378. The Morgan fingerprint density at radius 3 is 2.45 bits per heavy atom. The number of anilines is 1. The summed E-state index contributed by atoms with van der Waals surface area (Å²) in [7, 11) is 1.33. The van der Waals surface area contributed by atoms with Crippen molar-refractivity contribution in [3.63, 3.8) is 0 Å². The molecular formula is C40H40F5N9O2. The SMILES string of the molecule is CC#N.COc1nc(N2CCN(C(=O)/C(F)=C/c3cc(C)nc(C)n3)CC2)c2cnc(-c3cccc4ccc(F)c(F)c34)c(F)c2n1.FC1CC2CCCN2C1. The van der Waals surface area contributed by atoms with Gasteiger partial charge in [0.2, 0.25) is 0 Å². The van der Waals surface area contributed by atoms with Crippen molar-refractivity contribution in [2.75, 3.05) is 51.3 Å². The van der Waals surface area contributed by atoms with Gasteiger partial charge in [-0.15, -0.1) is 0 Å². The molecule has 8 rings (SSSR count). The fourth-order valence-corrected chi connectivity index (χ4v) is 7.36. The number of nitriles is 1. The van der Waals surface area contributed by atoms with Crippen LogP contribution in [0.25, 0.3) is 39.0 Å². The standard InChI is InChI=1S/C31H25F4N7O2.C7H12FN.C2H3N/c1-16-13-19(38-17(2)37-16)14-23(33)30(43)42-11-9-41(10-12-42)29-21-15-36-27(26(35)28(21)39-31(40-29)44-3)20-6-4-5-18-7-8-22(32)25(34)24(18)20;8-6-4-7-2-1-3-9(7)5-6;1-2-3/h4-8,13-15H,9-12H2,1-3H3;6-7H,1-5H2;1H3/b23-14-;;. The second kappa shape index (κ2) is 17.3. The van der Waals surface area contributed by atoms with Gasteiger partial charge in [-0.05, 0) is 57.2 Å². The summed E-state index contributed by atoms with van der Waals surface area (Å²) in [4.78, 5) is 39.5. The summed E-state index contributed by atoms with van der Waals surface area (Å²) >= 11 is 0. The van der Waals surface area contributed by atoms with Gasteiger partial charge in [-0.25, -0.2) is 31.9 Å². The molecule has 5 aromatic rings. The number of carbonyl (C=O) groups is 1. The largest absolute Gasteiger partial charge is 0.467 e. The summed E-state index contributed by atoms with van der Waals surface area (Å²) in [5, 5.41) is 7.84. The molecule has 2 aromatic carbocycles. The number of aromatic nitrogens is 5. The molecule has 0 bridgehead atoms. The van der Waals surface area contributed by atoms with Crippen molar-refractivity contribution in [3.8, 4) is 23.3 Å². The number of alkyl halides is 1. The van der Waals surface area contributed by atoms with E-state index in [0.29, 0.717) is 41.0 Å². The van der Waals surface area contributed by atoms with E-state index in [1.54, 1.807) is 43.0 Å². The fourth-order valence-electron chi connectivity index (χ4n) is 7.36. The smallest absolute Gasteiger partial charge is 0.318 e. The fraction of sp³-hybridized carbons (Fsp3) is 0.375. The third kappa shape index (κ3) is 8.52. The van der Waals surface area contributed by atoms with Crippen LogP contribution in [0.1, 0.15) is 43.4 Å². The molecule has 6 heterocycles. The number of piperazine rings is 1. The van der Waals surface area contributed by atoms with Crippen LogP contribution in [0.5, 0.6) is 6.01 Å². The molecule has 0 saturated carbocycles. The molecule has 16 heteroatoms. The minimum atomic E-state index is -1.11. The zero-order valence-corrected chi connectivity index (χ0v) is 31.4. The lowest BCUT2D eigenvalue weighted by Crippen LogP contribution is -2.49. The topological polar surface area (TPSA) is 124 Å². The summed E-state index contributed by atoms with van der Waals surface area (Å²) in [6, 6.07) is 10.9. The predicted octanol–water partition coefficient (Wildman–Crippen LogP) is 7.06. The molecule has 2 unspecified atom stereocenters. The molecule has 3 aliphatic heterocycles. The molecule has 0 aliphatic carbocycles. The predicted molar refractivity (Wildman–Crippen MR) is 201 cm³/mol. The van der Waals surface area contributed by atoms with Gasteiger partial charge < -0.3 is 14.5 Å². The maximum absolute atomic E-state index is 16.1. The van der Waals surface area contributed by atoms with E-state index in [9.17, 15) is 22.4 Å². The number of fused-ring (bicyclic) bond motifs is 3. The van der Waals surface area contributed by atoms with E-state index in [0.717, 1.165) is 25.1 Å². The van der Waals surface area contributed by atoms with Gasteiger partial charge in [0, 0.05) is 74.6 Å². The van der Waals surface area contributed by atoms with Crippen LogP contribution in [0.3, 0.4) is 0 Å². The molecule has 3 aliphatic rings. The second-order valence-electron chi connectivity index (χ2n) is 13.6. The van der Waals surface area contributed by atoms with Gasteiger partial charge in [0.25, 0.3) is 5.91 Å². The molecule has 0 spiro atoms. The van der Waals surface area contributed by atoms with Crippen LogP contribution in [0.4, 0.5) is 27.8 Å². The Morgan fingerprint density at radius 1 is 1.00 bits per heavy atom. The molecule has 3 fully saturated rings. The van der Waals surface area contributed by atoms with Crippen molar-refractivity contribution in [1.82, 2.24) is 34.7 Å². The average molecular weight is 774 g/mol. The minimum absolute atomic E-state index is 0.0625. The number of hydrogen-bond acceptors (Lipinski definition) is 10. The van der Waals surface area contributed by atoms with Crippen LogP contribution < -0.4 is 9.64 Å². The Bertz CT molecular complexity index is 2300. The van der Waals surface area contributed by atoms with Crippen LogP contribution in [-0.2, 0) is 4.79 Å². The third-order valence-corrected chi connectivity index (χ3v) is 9.81. The first-order valence-electron chi connectivity index (χ1n) is 18.1. The summed E-state index contributed by atoms with van der Waals surface area (Å²) < 4.78 is 77.8. The van der Waals surface area contributed by atoms with Crippen LogP contribution in [0, 0.1) is 42.6 Å². The zero-order chi connectivity index (χ0) is 40.1. The average Bonchev–Trinajstić information content (AvgIpc) is 3.77. The molecule has 3 aromatic heterocycles. The van der Waals surface area contributed by atoms with Gasteiger partial charge >= 0.3 is 6.01 Å². The Labute approximate surface area is 320 Å². The summed E-state index contributed by atoms with van der Waals surface area (Å²) in [5.41, 5.74) is 0.665. The van der Waals surface area contributed by atoms with Crippen LogP contribution in [0.15, 0.2) is 48.4 Å². The second-order valence-corrected chi connectivity index (χ2v) is 13.6. The molecule has 11 nitrogen and oxygen atoms in total. The van der Waals surface area contributed by atoms with Gasteiger partial charge in [-0.1, -0.05) is 24.3 Å². The minimum Gasteiger partial charge on any atom is -0.467 e. The monoisotopic (exact) mass is 773 g/mol. The number of hydrogen-bond donors (Lipinski definition) is 0. The zero-order valence-electron chi connectivity index (χ0n) is 31.4. The number of benzene rings is 2. The highest BCUT2D eigenvalue weighted by atomic mass is 19.2. The van der Waals surface area contributed by atoms with Gasteiger partial charge in [0.1, 0.15) is 29.0 Å². The van der Waals surface area contributed by atoms with Gasteiger partial charge in [0.05, 0.1) is 24.3 Å². The van der Waals surface area contributed by atoms with Gasteiger partial charge in [0.15, 0.2) is 23.3 Å². The van der Waals surface area contributed by atoms with Crippen LogP contribution in [0.2, 0.25) is 0 Å². The Morgan fingerprint density at radius 2 is 1.75 bits per heavy atom. The number of aryl methyl sites for hydroxylation is 2. The van der Waals surface area contributed by atoms with E-state index in [-0.39, 0.29) is 59.7 Å². The highest BCUT2D eigenvalue weighted by Crippen LogP contribution is 2.36. The molecule has 0 N–H and O–H groups in total. The van der Waals surface area contributed by atoms with Gasteiger partial charge in [-0.2, -0.15) is 15.2 Å². The summed E-state index contributed by atoms with van der Waals surface area (Å²) in [5.74, 6) is -4.00. The molecule has 3 saturated heterocycles. The van der Waals surface area contributed by atoms with Crippen LogP contribution in [-0.4, -0.2) is 99.2 Å². The number of halogens is 5. The molecular weight excluding hydrogens is 733 g/mol. The van der Waals surface area contributed by atoms with E-state index in [2.05, 4.69) is 29.8 Å². The number of pyridine rings is 1. The van der Waals surface area contributed by atoms with Crippen molar-refractivity contribution in [2.45, 2.75) is 52.2 Å². The van der Waals surface area contributed by atoms with Crippen molar-refractivity contribution < 1.29 is 31.5 Å². The number of methoxy groups -OCH3 is 1. The third-order valence-electron chi connectivity index (χ3n) is 9.81. The molecule has 292 valence electrons. The van der Waals surface area contributed by atoms with Gasteiger partial charge in [-0.3, -0.25) is 14.7 Å². The number of amides is 1. The van der Waals surface area contributed by atoms with Crippen LogP contribution >= 0.6 is 0 Å².